The second-order valence-electron chi connectivity index (χ2n) is 3.87. The molecule has 3 heterocycles. The molecule has 0 amide bonds. The molecular weight excluding hydrogens is 164 g/mol. The Morgan fingerprint density at radius 3 is 3.31 bits per heavy atom. The average Bonchev–Trinajstić information content (AvgIpc) is 2.72. The number of nitrogens with one attached hydrogen (secondary N) is 1. The smallest absolute Gasteiger partial charge is 0.127 e. The molecule has 1 unspecified atom stereocenters. The van der Waals surface area contributed by atoms with Crippen molar-refractivity contribution in [1.29, 1.82) is 0 Å². The number of hydrogen-bond acceptors (Lipinski definition) is 3. The molecule has 3 heteroatoms. The van der Waals surface area contributed by atoms with Gasteiger partial charge in [0.1, 0.15) is 11.4 Å². The van der Waals surface area contributed by atoms with Gasteiger partial charge in [-0.1, -0.05) is 0 Å². The van der Waals surface area contributed by atoms with E-state index in [0.29, 0.717) is 0 Å². The van der Waals surface area contributed by atoms with Gasteiger partial charge in [0.15, 0.2) is 0 Å². The van der Waals surface area contributed by atoms with Crippen molar-refractivity contribution in [2.45, 2.75) is 18.4 Å². The zero-order valence-electron chi connectivity index (χ0n) is 7.42. The van der Waals surface area contributed by atoms with E-state index < -0.39 is 0 Å². The van der Waals surface area contributed by atoms with Gasteiger partial charge in [-0.25, -0.2) is 0 Å². The Bertz CT molecular complexity index is 304. The van der Waals surface area contributed by atoms with Gasteiger partial charge in [0.05, 0.1) is 0 Å². The summed E-state index contributed by atoms with van der Waals surface area (Å²) in [6.07, 6.45) is 5.84. The highest BCUT2D eigenvalue weighted by molar-refractivity contribution is 5.37. The normalized spacial score (nSPS) is 30.5. The third kappa shape index (κ3) is 1.04. The molecule has 0 aliphatic carbocycles. The molecule has 1 saturated heterocycles. The van der Waals surface area contributed by atoms with Crippen LogP contribution in [0.2, 0.25) is 0 Å². The summed E-state index contributed by atoms with van der Waals surface area (Å²) in [6, 6.07) is 1.96. The summed E-state index contributed by atoms with van der Waals surface area (Å²) in [5.41, 5.74) is 1.30. The molecule has 1 atom stereocenters. The molecular formula is C10H12N2O. The van der Waals surface area contributed by atoms with E-state index in [1.807, 2.05) is 12.3 Å². The van der Waals surface area contributed by atoms with E-state index in [4.69, 9.17) is 4.74 Å². The Labute approximate surface area is 77.1 Å². The molecule has 0 bridgehead atoms. The van der Waals surface area contributed by atoms with Gasteiger partial charge in [-0.2, -0.15) is 0 Å². The molecule has 1 fully saturated rings. The third-order valence-corrected chi connectivity index (χ3v) is 2.90. The van der Waals surface area contributed by atoms with Crippen LogP contribution in [0.25, 0.3) is 0 Å². The molecule has 3 nitrogen and oxygen atoms in total. The van der Waals surface area contributed by atoms with Crippen LogP contribution in [0.3, 0.4) is 0 Å². The van der Waals surface area contributed by atoms with Gasteiger partial charge in [0.2, 0.25) is 0 Å². The van der Waals surface area contributed by atoms with Gasteiger partial charge in [-0.05, 0) is 12.6 Å². The van der Waals surface area contributed by atoms with Crippen LogP contribution in [0.5, 0.6) is 5.75 Å². The lowest BCUT2D eigenvalue weighted by Gasteiger charge is -2.21. The molecule has 1 aromatic heterocycles. The lowest BCUT2D eigenvalue weighted by molar-refractivity contribution is 0.118. The Morgan fingerprint density at radius 1 is 1.54 bits per heavy atom. The molecule has 2 aliphatic rings. The Kier molecular flexibility index (Phi) is 1.38. The van der Waals surface area contributed by atoms with Gasteiger partial charge < -0.3 is 10.1 Å². The number of ether oxygens (including phenoxy) is 1. The molecule has 0 radical (unpaired) electrons. The van der Waals surface area contributed by atoms with Gasteiger partial charge in [-0.15, -0.1) is 0 Å². The highest BCUT2D eigenvalue weighted by Crippen LogP contribution is 2.37. The topological polar surface area (TPSA) is 34.2 Å². The van der Waals surface area contributed by atoms with Crippen molar-refractivity contribution in [2.75, 3.05) is 13.1 Å². The summed E-state index contributed by atoms with van der Waals surface area (Å²) in [6.45, 7) is 2.04. The van der Waals surface area contributed by atoms with Crippen LogP contribution in [0.1, 0.15) is 12.0 Å². The quantitative estimate of drug-likeness (QED) is 0.633. The van der Waals surface area contributed by atoms with Crippen LogP contribution in [0.15, 0.2) is 18.5 Å². The minimum Gasteiger partial charge on any atom is -0.485 e. The molecule has 13 heavy (non-hydrogen) atoms. The van der Waals surface area contributed by atoms with Crippen LogP contribution >= 0.6 is 0 Å². The van der Waals surface area contributed by atoms with E-state index in [-0.39, 0.29) is 5.60 Å². The minimum atomic E-state index is 0.0470. The zero-order chi connectivity index (χ0) is 8.73. The first kappa shape index (κ1) is 7.33. The van der Waals surface area contributed by atoms with E-state index in [9.17, 15) is 0 Å². The van der Waals surface area contributed by atoms with Crippen LogP contribution in [0.4, 0.5) is 0 Å². The second-order valence-corrected chi connectivity index (χ2v) is 3.87. The maximum atomic E-state index is 5.95. The fraction of sp³-hybridized carbons (Fsp3) is 0.500. The Hall–Kier alpha value is -1.09. The van der Waals surface area contributed by atoms with E-state index in [2.05, 4.69) is 10.3 Å². The minimum absolute atomic E-state index is 0.0470. The van der Waals surface area contributed by atoms with Gasteiger partial charge >= 0.3 is 0 Å². The summed E-state index contributed by atoms with van der Waals surface area (Å²) in [7, 11) is 0. The monoisotopic (exact) mass is 176 g/mol. The van der Waals surface area contributed by atoms with Crippen LogP contribution in [0, 0.1) is 0 Å². The van der Waals surface area contributed by atoms with Crippen molar-refractivity contribution in [3.05, 3.63) is 24.0 Å². The highest BCUT2D eigenvalue weighted by Gasteiger charge is 2.41. The number of rotatable bonds is 0. The standard InChI is InChI=1S/C10H12N2O/c1-3-11-6-8-5-10(13-9(1)8)2-4-12-7-10/h1,3,6,12H,2,4-5,7H2. The molecule has 1 aromatic rings. The van der Waals surface area contributed by atoms with Crippen LogP contribution in [-0.4, -0.2) is 23.7 Å². The fourth-order valence-corrected chi connectivity index (χ4v) is 2.22. The molecule has 3 rings (SSSR count). The molecule has 1 N–H and O–H groups in total. The maximum Gasteiger partial charge on any atom is 0.127 e. The van der Waals surface area contributed by atoms with Crippen molar-refractivity contribution >= 4 is 0 Å². The van der Waals surface area contributed by atoms with E-state index in [1.165, 1.54) is 5.56 Å². The Morgan fingerprint density at radius 2 is 2.54 bits per heavy atom. The molecule has 1 spiro atoms. The summed E-state index contributed by atoms with van der Waals surface area (Å²) in [5, 5.41) is 3.34. The molecule has 68 valence electrons. The first-order chi connectivity index (χ1) is 6.38. The van der Waals surface area contributed by atoms with Crippen molar-refractivity contribution in [2.24, 2.45) is 0 Å². The van der Waals surface area contributed by atoms with Crippen molar-refractivity contribution in [3.63, 3.8) is 0 Å². The van der Waals surface area contributed by atoms with Gasteiger partial charge in [-0.3, -0.25) is 4.98 Å². The highest BCUT2D eigenvalue weighted by atomic mass is 16.5. The van der Waals surface area contributed by atoms with Crippen molar-refractivity contribution < 1.29 is 4.74 Å². The average molecular weight is 176 g/mol. The summed E-state index contributed by atoms with van der Waals surface area (Å²) in [4.78, 5) is 4.11. The number of aromatic nitrogens is 1. The fourth-order valence-electron chi connectivity index (χ4n) is 2.22. The van der Waals surface area contributed by atoms with Crippen LogP contribution in [-0.2, 0) is 6.42 Å². The molecule has 2 aliphatic heterocycles. The van der Waals surface area contributed by atoms with E-state index in [0.717, 1.165) is 31.7 Å². The van der Waals surface area contributed by atoms with Crippen LogP contribution < -0.4 is 10.1 Å². The zero-order valence-corrected chi connectivity index (χ0v) is 7.42. The van der Waals surface area contributed by atoms with Gasteiger partial charge in [0.25, 0.3) is 0 Å². The molecule has 0 aromatic carbocycles. The predicted molar refractivity (Wildman–Crippen MR) is 48.8 cm³/mol. The number of fused-ring (bicyclic) bond motifs is 1. The lowest BCUT2D eigenvalue weighted by Crippen LogP contribution is -2.36. The number of nitrogens with zero attached hydrogens (tertiary/aromatic N) is 1. The SMILES string of the molecule is c1cc2c(cn1)CC1(CCNC1)O2. The maximum absolute atomic E-state index is 5.95. The summed E-state index contributed by atoms with van der Waals surface area (Å²) < 4.78 is 5.95. The predicted octanol–water partition coefficient (Wildman–Crippen LogP) is 0.749. The molecule has 0 saturated carbocycles. The Balaban J connectivity index is 1.96. The first-order valence-corrected chi connectivity index (χ1v) is 4.71. The summed E-state index contributed by atoms with van der Waals surface area (Å²) >= 11 is 0. The number of pyridine rings is 1. The van der Waals surface area contributed by atoms with E-state index in [1.54, 1.807) is 6.20 Å². The van der Waals surface area contributed by atoms with Gasteiger partial charge in [0, 0.05) is 37.3 Å². The summed E-state index contributed by atoms with van der Waals surface area (Å²) in [5.74, 6) is 1.03. The van der Waals surface area contributed by atoms with Crippen molar-refractivity contribution in [1.82, 2.24) is 10.3 Å². The third-order valence-electron chi connectivity index (χ3n) is 2.90. The van der Waals surface area contributed by atoms with Crippen molar-refractivity contribution in [3.8, 4) is 5.75 Å². The largest absolute Gasteiger partial charge is 0.485 e. The second kappa shape index (κ2) is 2.45. The van der Waals surface area contributed by atoms with E-state index >= 15 is 0 Å². The lowest BCUT2D eigenvalue weighted by atomic mass is 9.97. The first-order valence-electron chi connectivity index (χ1n) is 4.71. The number of hydrogen-bond donors (Lipinski definition) is 1.